The van der Waals surface area contributed by atoms with Gasteiger partial charge in [-0.2, -0.15) is 0 Å². The van der Waals surface area contributed by atoms with Gasteiger partial charge in [-0.15, -0.1) is 0 Å². The highest BCUT2D eigenvalue weighted by Gasteiger charge is 2.12. The fraction of sp³-hybridized carbons (Fsp3) is 0.600. The van der Waals surface area contributed by atoms with Crippen molar-refractivity contribution < 1.29 is 9.84 Å². The van der Waals surface area contributed by atoms with E-state index < -0.39 is 6.10 Å². The number of nitrogens with zero attached hydrogens (tertiary/aromatic N) is 1. The van der Waals surface area contributed by atoms with Crippen LogP contribution in [-0.2, 0) is 11.3 Å². The van der Waals surface area contributed by atoms with Gasteiger partial charge in [0.15, 0.2) is 0 Å². The lowest BCUT2D eigenvalue weighted by Crippen LogP contribution is -2.37. The summed E-state index contributed by atoms with van der Waals surface area (Å²) in [6.07, 6.45) is -0.329. The van der Waals surface area contributed by atoms with Crippen molar-refractivity contribution in [2.45, 2.75) is 32.6 Å². The third-order valence-electron chi connectivity index (χ3n) is 2.79. The van der Waals surface area contributed by atoms with Gasteiger partial charge < -0.3 is 15.6 Å². The number of rotatable bonds is 9. The first-order valence-corrected chi connectivity index (χ1v) is 6.87. The maximum Gasteiger partial charge on any atom is 0.0900 e. The highest BCUT2D eigenvalue weighted by molar-refractivity contribution is 5.14. The highest BCUT2D eigenvalue weighted by atomic mass is 16.5. The van der Waals surface area contributed by atoms with Gasteiger partial charge in [-0.1, -0.05) is 30.3 Å². The molecule has 0 bridgehead atoms. The minimum Gasteiger partial charge on any atom is -0.389 e. The predicted octanol–water partition coefficient (Wildman–Crippen LogP) is 1.23. The monoisotopic (exact) mass is 266 g/mol. The van der Waals surface area contributed by atoms with E-state index in [9.17, 15) is 5.11 Å². The molecule has 0 aliphatic carbocycles. The van der Waals surface area contributed by atoms with Crippen molar-refractivity contribution in [3.8, 4) is 0 Å². The molecule has 1 aromatic carbocycles. The summed E-state index contributed by atoms with van der Waals surface area (Å²) < 4.78 is 5.42. The van der Waals surface area contributed by atoms with E-state index in [1.165, 1.54) is 5.56 Å². The molecular weight excluding hydrogens is 240 g/mol. The smallest absolute Gasteiger partial charge is 0.0900 e. The number of hydrogen-bond donors (Lipinski definition) is 2. The Morgan fingerprint density at radius 2 is 1.95 bits per heavy atom. The first-order chi connectivity index (χ1) is 9.11. The van der Waals surface area contributed by atoms with Crippen LogP contribution in [0, 0.1) is 0 Å². The Hall–Kier alpha value is -0.940. The Morgan fingerprint density at radius 3 is 2.53 bits per heavy atom. The van der Waals surface area contributed by atoms with Crippen LogP contribution in [0.3, 0.4) is 0 Å². The Balaban J connectivity index is 2.43. The summed E-state index contributed by atoms with van der Waals surface area (Å²) in [5.74, 6) is 0. The molecule has 1 rings (SSSR count). The Labute approximate surface area is 116 Å². The molecule has 19 heavy (non-hydrogen) atoms. The molecule has 4 nitrogen and oxygen atoms in total. The quantitative estimate of drug-likeness (QED) is 0.706. The van der Waals surface area contributed by atoms with Gasteiger partial charge in [0.1, 0.15) is 0 Å². The second-order valence-corrected chi connectivity index (χ2v) is 5.05. The molecule has 3 N–H and O–H groups in total. The zero-order chi connectivity index (χ0) is 14.1. The summed E-state index contributed by atoms with van der Waals surface area (Å²) in [6.45, 7) is 7.05. The molecule has 0 amide bonds. The van der Waals surface area contributed by atoms with Gasteiger partial charge in [-0.3, -0.25) is 4.90 Å². The van der Waals surface area contributed by atoms with E-state index in [0.717, 1.165) is 13.1 Å². The van der Waals surface area contributed by atoms with Crippen LogP contribution in [0.2, 0.25) is 0 Å². The molecule has 1 unspecified atom stereocenters. The lowest BCUT2D eigenvalue weighted by molar-refractivity contribution is -0.00912. The van der Waals surface area contributed by atoms with Crippen LogP contribution < -0.4 is 5.73 Å². The van der Waals surface area contributed by atoms with Gasteiger partial charge in [0.2, 0.25) is 0 Å². The normalized spacial score (nSPS) is 13.2. The SMILES string of the molecule is CC(C)OCC(O)CN(CCN)Cc1ccccc1. The number of aliphatic hydroxyl groups is 1. The fourth-order valence-electron chi connectivity index (χ4n) is 1.91. The summed E-state index contributed by atoms with van der Waals surface area (Å²) in [6, 6.07) is 10.2. The molecule has 1 atom stereocenters. The van der Waals surface area contributed by atoms with Crippen LogP contribution in [0.4, 0.5) is 0 Å². The van der Waals surface area contributed by atoms with Gasteiger partial charge in [0.25, 0.3) is 0 Å². The minimum absolute atomic E-state index is 0.145. The van der Waals surface area contributed by atoms with Gasteiger partial charge in [0, 0.05) is 26.2 Å². The van der Waals surface area contributed by atoms with Crippen molar-refractivity contribution in [2.75, 3.05) is 26.2 Å². The summed E-state index contributed by atoms with van der Waals surface area (Å²) in [7, 11) is 0. The molecule has 4 heteroatoms. The van der Waals surface area contributed by atoms with Crippen molar-refractivity contribution in [3.05, 3.63) is 35.9 Å². The van der Waals surface area contributed by atoms with Crippen molar-refractivity contribution >= 4 is 0 Å². The summed E-state index contributed by atoms with van der Waals surface area (Å²) in [5.41, 5.74) is 6.86. The fourth-order valence-corrected chi connectivity index (χ4v) is 1.91. The third kappa shape index (κ3) is 7.28. The molecule has 0 saturated heterocycles. The van der Waals surface area contributed by atoms with Crippen LogP contribution in [0.5, 0.6) is 0 Å². The highest BCUT2D eigenvalue weighted by Crippen LogP contribution is 2.05. The molecule has 0 saturated carbocycles. The topological polar surface area (TPSA) is 58.7 Å². The van der Waals surface area contributed by atoms with Crippen LogP contribution in [0.15, 0.2) is 30.3 Å². The Kier molecular flexibility index (Phi) is 7.67. The molecule has 0 spiro atoms. The number of hydrogen-bond acceptors (Lipinski definition) is 4. The maximum atomic E-state index is 9.97. The molecule has 0 heterocycles. The Morgan fingerprint density at radius 1 is 1.26 bits per heavy atom. The molecule has 1 aromatic rings. The first kappa shape index (κ1) is 16.1. The molecule has 0 aliphatic heterocycles. The molecule has 0 aliphatic rings. The molecule has 0 fully saturated rings. The summed E-state index contributed by atoms with van der Waals surface area (Å²) >= 11 is 0. The second-order valence-electron chi connectivity index (χ2n) is 5.05. The maximum absolute atomic E-state index is 9.97. The number of ether oxygens (including phenoxy) is 1. The second kappa shape index (κ2) is 9.04. The van der Waals surface area contributed by atoms with Gasteiger partial charge in [-0.25, -0.2) is 0 Å². The van der Waals surface area contributed by atoms with Gasteiger partial charge in [-0.05, 0) is 19.4 Å². The lowest BCUT2D eigenvalue weighted by Gasteiger charge is -2.25. The number of aliphatic hydroxyl groups excluding tert-OH is 1. The van der Waals surface area contributed by atoms with Crippen molar-refractivity contribution in [3.63, 3.8) is 0 Å². The van der Waals surface area contributed by atoms with Crippen LogP contribution >= 0.6 is 0 Å². The molecule has 108 valence electrons. The standard InChI is InChI=1S/C15H26N2O2/c1-13(2)19-12-15(18)11-17(9-8-16)10-14-6-4-3-5-7-14/h3-7,13,15,18H,8-12,16H2,1-2H3. The summed E-state index contributed by atoms with van der Waals surface area (Å²) in [4.78, 5) is 2.16. The number of nitrogens with two attached hydrogens (primary N) is 1. The third-order valence-corrected chi connectivity index (χ3v) is 2.79. The first-order valence-electron chi connectivity index (χ1n) is 6.87. The van der Waals surface area contributed by atoms with Crippen molar-refractivity contribution in [1.82, 2.24) is 4.90 Å². The van der Waals surface area contributed by atoms with E-state index in [-0.39, 0.29) is 6.10 Å². The van der Waals surface area contributed by atoms with E-state index in [4.69, 9.17) is 10.5 Å². The Bertz CT molecular complexity index is 330. The van der Waals surface area contributed by atoms with Crippen molar-refractivity contribution in [1.29, 1.82) is 0 Å². The lowest BCUT2D eigenvalue weighted by atomic mass is 10.2. The zero-order valence-electron chi connectivity index (χ0n) is 12.0. The predicted molar refractivity (Wildman–Crippen MR) is 77.9 cm³/mol. The van der Waals surface area contributed by atoms with Crippen molar-refractivity contribution in [2.24, 2.45) is 5.73 Å². The van der Waals surface area contributed by atoms with E-state index >= 15 is 0 Å². The van der Waals surface area contributed by atoms with Gasteiger partial charge >= 0.3 is 0 Å². The summed E-state index contributed by atoms with van der Waals surface area (Å²) in [5, 5.41) is 9.97. The molecule has 0 radical (unpaired) electrons. The minimum atomic E-state index is -0.474. The largest absolute Gasteiger partial charge is 0.389 e. The van der Waals surface area contributed by atoms with Crippen LogP contribution in [0.1, 0.15) is 19.4 Å². The van der Waals surface area contributed by atoms with E-state index in [2.05, 4.69) is 17.0 Å². The average molecular weight is 266 g/mol. The molecular formula is C15H26N2O2. The van der Waals surface area contributed by atoms with Gasteiger partial charge in [0.05, 0.1) is 18.8 Å². The van der Waals surface area contributed by atoms with E-state index in [0.29, 0.717) is 19.7 Å². The number of benzene rings is 1. The average Bonchev–Trinajstić information content (AvgIpc) is 2.38. The van der Waals surface area contributed by atoms with E-state index in [1.54, 1.807) is 0 Å². The molecule has 0 aromatic heterocycles. The van der Waals surface area contributed by atoms with Crippen LogP contribution in [-0.4, -0.2) is 48.5 Å². The van der Waals surface area contributed by atoms with E-state index in [1.807, 2.05) is 32.0 Å². The van der Waals surface area contributed by atoms with Crippen LogP contribution in [0.25, 0.3) is 0 Å². The zero-order valence-corrected chi connectivity index (χ0v) is 12.0.